The third kappa shape index (κ3) is 4.28. The average molecular weight is 356 g/mol. The van der Waals surface area contributed by atoms with E-state index >= 15 is 0 Å². The van der Waals surface area contributed by atoms with Gasteiger partial charge in [0.1, 0.15) is 11.4 Å². The highest BCUT2D eigenvalue weighted by Gasteiger charge is 2.20. The SMILES string of the molecule is COc1ccc(-c2nnc(CCC(=O)N3CCC(C)CC3)c(=O)[nH]2)cc1. The molecule has 1 fully saturated rings. The number of benzene rings is 1. The number of hydrogen-bond acceptors (Lipinski definition) is 5. The number of amides is 1. The van der Waals surface area contributed by atoms with Crippen molar-refractivity contribution in [3.05, 3.63) is 40.3 Å². The molecule has 26 heavy (non-hydrogen) atoms. The summed E-state index contributed by atoms with van der Waals surface area (Å²) in [5.41, 5.74) is 0.743. The molecule has 1 aliphatic rings. The number of aromatic amines is 1. The lowest BCUT2D eigenvalue weighted by Gasteiger charge is -2.30. The van der Waals surface area contributed by atoms with Crippen molar-refractivity contribution in [1.29, 1.82) is 0 Å². The Bertz CT molecular complexity index is 808. The van der Waals surface area contributed by atoms with Crippen LogP contribution in [0.4, 0.5) is 0 Å². The zero-order valence-corrected chi connectivity index (χ0v) is 15.2. The van der Waals surface area contributed by atoms with Gasteiger partial charge in [-0.3, -0.25) is 9.59 Å². The van der Waals surface area contributed by atoms with Crippen molar-refractivity contribution in [2.24, 2.45) is 5.92 Å². The van der Waals surface area contributed by atoms with Crippen molar-refractivity contribution >= 4 is 5.91 Å². The van der Waals surface area contributed by atoms with Crippen LogP contribution in [0.15, 0.2) is 29.1 Å². The molecule has 0 unspecified atom stereocenters. The lowest BCUT2D eigenvalue weighted by atomic mass is 9.99. The van der Waals surface area contributed by atoms with E-state index in [0.29, 0.717) is 23.9 Å². The number of likely N-dealkylation sites (tertiary alicyclic amines) is 1. The maximum absolute atomic E-state index is 12.3. The van der Waals surface area contributed by atoms with Crippen LogP contribution in [-0.4, -0.2) is 46.2 Å². The maximum atomic E-state index is 12.3. The Morgan fingerprint density at radius 3 is 2.54 bits per heavy atom. The number of aryl methyl sites for hydroxylation is 1. The largest absolute Gasteiger partial charge is 0.497 e. The summed E-state index contributed by atoms with van der Waals surface area (Å²) in [5, 5.41) is 8.12. The topological polar surface area (TPSA) is 88.2 Å². The van der Waals surface area contributed by atoms with Crippen molar-refractivity contribution in [2.45, 2.75) is 32.6 Å². The van der Waals surface area contributed by atoms with E-state index in [-0.39, 0.29) is 17.9 Å². The zero-order chi connectivity index (χ0) is 18.5. The number of carbonyl (C=O) groups is 1. The van der Waals surface area contributed by atoms with Crippen LogP contribution < -0.4 is 10.3 Å². The summed E-state index contributed by atoms with van der Waals surface area (Å²) < 4.78 is 5.11. The van der Waals surface area contributed by atoms with Gasteiger partial charge in [-0.25, -0.2) is 0 Å². The first kappa shape index (κ1) is 18.1. The summed E-state index contributed by atoms with van der Waals surface area (Å²) in [6.07, 6.45) is 2.68. The molecular weight excluding hydrogens is 332 g/mol. The van der Waals surface area contributed by atoms with E-state index in [9.17, 15) is 9.59 Å². The second kappa shape index (κ2) is 8.12. The Balaban J connectivity index is 1.62. The monoisotopic (exact) mass is 356 g/mol. The van der Waals surface area contributed by atoms with Crippen LogP contribution in [0.5, 0.6) is 5.75 Å². The van der Waals surface area contributed by atoms with Crippen molar-refractivity contribution in [1.82, 2.24) is 20.1 Å². The van der Waals surface area contributed by atoms with Crippen molar-refractivity contribution in [2.75, 3.05) is 20.2 Å². The molecule has 7 heteroatoms. The highest BCUT2D eigenvalue weighted by Crippen LogP contribution is 2.18. The van der Waals surface area contributed by atoms with Gasteiger partial charge < -0.3 is 14.6 Å². The molecule has 0 radical (unpaired) electrons. The molecule has 138 valence electrons. The standard InChI is InChI=1S/C19H24N4O3/c1-13-9-11-23(12-10-13)17(24)8-7-16-19(25)20-18(22-21-16)14-3-5-15(26-2)6-4-14/h3-6,13H,7-12H2,1-2H3,(H,20,22,25). The fourth-order valence-corrected chi connectivity index (χ4v) is 3.04. The summed E-state index contributed by atoms with van der Waals surface area (Å²) >= 11 is 0. The van der Waals surface area contributed by atoms with Crippen molar-refractivity contribution < 1.29 is 9.53 Å². The van der Waals surface area contributed by atoms with Crippen LogP contribution in [0.1, 0.15) is 31.9 Å². The van der Waals surface area contributed by atoms with Gasteiger partial charge in [0, 0.05) is 31.5 Å². The third-order valence-electron chi connectivity index (χ3n) is 4.84. The van der Waals surface area contributed by atoms with Gasteiger partial charge in [-0.2, -0.15) is 0 Å². The minimum atomic E-state index is -0.300. The maximum Gasteiger partial charge on any atom is 0.273 e. The highest BCUT2D eigenvalue weighted by molar-refractivity contribution is 5.76. The van der Waals surface area contributed by atoms with Gasteiger partial charge >= 0.3 is 0 Å². The Kier molecular flexibility index (Phi) is 5.65. The first-order valence-electron chi connectivity index (χ1n) is 8.95. The molecule has 1 N–H and O–H groups in total. The van der Waals surface area contributed by atoms with Gasteiger partial charge in [-0.05, 0) is 43.0 Å². The molecule has 0 spiro atoms. The van der Waals surface area contributed by atoms with Gasteiger partial charge in [-0.15, -0.1) is 10.2 Å². The van der Waals surface area contributed by atoms with Crippen LogP contribution in [-0.2, 0) is 11.2 Å². The number of aromatic nitrogens is 3. The lowest BCUT2D eigenvalue weighted by molar-refractivity contribution is -0.132. The minimum Gasteiger partial charge on any atom is -0.497 e. The molecule has 3 rings (SSSR count). The summed E-state index contributed by atoms with van der Waals surface area (Å²) in [7, 11) is 1.59. The van der Waals surface area contributed by atoms with E-state index in [1.165, 1.54) is 0 Å². The van der Waals surface area contributed by atoms with E-state index in [4.69, 9.17) is 4.74 Å². The average Bonchev–Trinajstić information content (AvgIpc) is 2.67. The zero-order valence-electron chi connectivity index (χ0n) is 15.2. The van der Waals surface area contributed by atoms with Gasteiger partial charge in [0.15, 0.2) is 5.82 Å². The minimum absolute atomic E-state index is 0.0809. The molecule has 1 aromatic carbocycles. The highest BCUT2D eigenvalue weighted by atomic mass is 16.5. The molecule has 2 heterocycles. The van der Waals surface area contributed by atoms with Gasteiger partial charge in [0.25, 0.3) is 5.56 Å². The number of rotatable bonds is 5. The number of carbonyl (C=O) groups excluding carboxylic acids is 1. The normalized spacial score (nSPS) is 15.1. The van der Waals surface area contributed by atoms with E-state index in [1.807, 2.05) is 4.90 Å². The first-order valence-corrected chi connectivity index (χ1v) is 8.95. The van der Waals surface area contributed by atoms with E-state index in [0.717, 1.165) is 37.2 Å². The number of nitrogens with one attached hydrogen (secondary N) is 1. The van der Waals surface area contributed by atoms with Gasteiger partial charge in [0.05, 0.1) is 7.11 Å². The summed E-state index contributed by atoms with van der Waals surface area (Å²) in [6.45, 7) is 3.82. The van der Waals surface area contributed by atoms with E-state index in [2.05, 4.69) is 22.1 Å². The molecule has 1 aliphatic heterocycles. The van der Waals surface area contributed by atoms with Gasteiger partial charge in [-0.1, -0.05) is 6.92 Å². The fourth-order valence-electron chi connectivity index (χ4n) is 3.04. The first-order chi connectivity index (χ1) is 12.6. The fraction of sp³-hybridized carbons (Fsp3) is 0.474. The number of ether oxygens (including phenoxy) is 1. The number of methoxy groups -OCH3 is 1. The summed E-state index contributed by atoms with van der Waals surface area (Å²) in [4.78, 5) is 29.2. The number of H-pyrrole nitrogens is 1. The van der Waals surface area contributed by atoms with Crippen LogP contribution in [0.25, 0.3) is 11.4 Å². The molecule has 0 atom stereocenters. The van der Waals surface area contributed by atoms with E-state index < -0.39 is 0 Å². The summed E-state index contributed by atoms with van der Waals surface area (Å²) in [6, 6.07) is 7.20. The molecule has 0 bridgehead atoms. The Hall–Kier alpha value is -2.70. The Labute approximate surface area is 152 Å². The smallest absolute Gasteiger partial charge is 0.273 e. The van der Waals surface area contributed by atoms with Crippen molar-refractivity contribution in [3.8, 4) is 17.1 Å². The molecule has 0 saturated carbocycles. The quantitative estimate of drug-likeness (QED) is 0.886. The lowest BCUT2D eigenvalue weighted by Crippen LogP contribution is -2.38. The summed E-state index contributed by atoms with van der Waals surface area (Å²) in [5.74, 6) is 1.89. The number of nitrogens with zero attached hydrogens (tertiary/aromatic N) is 3. The number of hydrogen-bond donors (Lipinski definition) is 1. The van der Waals surface area contributed by atoms with E-state index in [1.54, 1.807) is 31.4 Å². The molecule has 2 aromatic rings. The van der Waals surface area contributed by atoms with Crippen molar-refractivity contribution in [3.63, 3.8) is 0 Å². The molecule has 1 aromatic heterocycles. The molecular formula is C19H24N4O3. The second-order valence-corrected chi connectivity index (χ2v) is 6.74. The van der Waals surface area contributed by atoms with Crippen LogP contribution in [0.3, 0.4) is 0 Å². The third-order valence-corrected chi connectivity index (χ3v) is 4.84. The predicted molar refractivity (Wildman–Crippen MR) is 97.9 cm³/mol. The molecule has 0 aliphatic carbocycles. The molecule has 7 nitrogen and oxygen atoms in total. The Morgan fingerprint density at radius 2 is 1.92 bits per heavy atom. The Morgan fingerprint density at radius 1 is 1.23 bits per heavy atom. The molecule has 1 saturated heterocycles. The number of piperidine rings is 1. The van der Waals surface area contributed by atoms with Crippen LogP contribution in [0.2, 0.25) is 0 Å². The van der Waals surface area contributed by atoms with Crippen LogP contribution >= 0.6 is 0 Å². The second-order valence-electron chi connectivity index (χ2n) is 6.74. The van der Waals surface area contributed by atoms with Gasteiger partial charge in [0.2, 0.25) is 5.91 Å². The molecule has 1 amide bonds. The van der Waals surface area contributed by atoms with Crippen LogP contribution in [0, 0.1) is 5.92 Å². The predicted octanol–water partition coefficient (Wildman–Crippen LogP) is 2.03.